The first-order valence-corrected chi connectivity index (χ1v) is 12.8. The third-order valence-electron chi connectivity index (χ3n) is 5.09. The minimum Gasteiger partial charge on any atom is -0.463 e. The van der Waals surface area contributed by atoms with Gasteiger partial charge in [0.05, 0.1) is 37.4 Å². The summed E-state index contributed by atoms with van der Waals surface area (Å²) in [6.07, 6.45) is 0. The van der Waals surface area contributed by atoms with Crippen LogP contribution in [-0.2, 0) is 9.84 Å². The van der Waals surface area contributed by atoms with Crippen molar-refractivity contribution in [1.29, 1.82) is 0 Å². The van der Waals surface area contributed by atoms with Crippen molar-refractivity contribution in [2.24, 2.45) is 5.92 Å². The molecule has 4 aromatic rings. The summed E-state index contributed by atoms with van der Waals surface area (Å²) in [5.41, 5.74) is 1.27. The maximum atomic E-state index is 13.4. The minimum absolute atomic E-state index is 0.0294. The molecule has 8 nitrogen and oxygen atoms in total. The molecule has 0 bridgehead atoms. The van der Waals surface area contributed by atoms with Gasteiger partial charge in [-0.1, -0.05) is 36.5 Å². The zero-order chi connectivity index (χ0) is 23.8. The fraction of sp³-hybridized carbons (Fsp3) is 0.348. The van der Waals surface area contributed by atoms with E-state index in [4.69, 9.17) is 4.74 Å². The Hall–Kier alpha value is -2.82. The van der Waals surface area contributed by atoms with E-state index in [0.717, 1.165) is 10.2 Å². The molecule has 1 atom stereocenters. The average molecular weight is 487 g/mol. The molecule has 0 aliphatic carbocycles. The van der Waals surface area contributed by atoms with Crippen LogP contribution >= 0.6 is 11.3 Å². The molecular weight excluding hydrogens is 460 g/mol. The summed E-state index contributed by atoms with van der Waals surface area (Å²) in [6, 6.07) is 12.8. The number of fused-ring (bicyclic) bond motifs is 2. The molecule has 33 heavy (non-hydrogen) atoms. The Kier molecular flexibility index (Phi) is 6.26. The molecule has 0 radical (unpaired) electrons. The quantitative estimate of drug-likeness (QED) is 0.391. The molecule has 1 unspecified atom stereocenters. The molecule has 0 saturated heterocycles. The summed E-state index contributed by atoms with van der Waals surface area (Å²) in [5.74, 6) is 0.201. The van der Waals surface area contributed by atoms with Gasteiger partial charge in [0.25, 0.3) is 0 Å². The largest absolute Gasteiger partial charge is 0.463 e. The van der Waals surface area contributed by atoms with Crippen LogP contribution < -0.4 is 10.1 Å². The molecule has 0 aliphatic heterocycles. The van der Waals surface area contributed by atoms with Crippen molar-refractivity contribution in [1.82, 2.24) is 15.0 Å². The van der Waals surface area contributed by atoms with Crippen LogP contribution in [-0.4, -0.2) is 46.4 Å². The second kappa shape index (κ2) is 8.85. The van der Waals surface area contributed by atoms with Crippen molar-refractivity contribution in [2.75, 3.05) is 18.5 Å². The SMILES string of the molecule is CC(CO)COc1nc(Nc2nc3ccccc3s2)c2c(S(=O)(=O)C(C)(C)C)cccc2n1. The number of hydrogen-bond donors (Lipinski definition) is 2. The van der Waals surface area contributed by atoms with Gasteiger partial charge >= 0.3 is 6.01 Å². The lowest BCUT2D eigenvalue weighted by Gasteiger charge is -2.21. The second-order valence-corrected chi connectivity index (χ2v) is 12.5. The number of sulfone groups is 1. The third-order valence-corrected chi connectivity index (χ3v) is 8.57. The van der Waals surface area contributed by atoms with E-state index >= 15 is 0 Å². The van der Waals surface area contributed by atoms with Crippen molar-refractivity contribution in [2.45, 2.75) is 37.3 Å². The van der Waals surface area contributed by atoms with Gasteiger partial charge in [-0.3, -0.25) is 0 Å². The number of benzene rings is 2. The van der Waals surface area contributed by atoms with Crippen LogP contribution in [0.4, 0.5) is 10.9 Å². The highest BCUT2D eigenvalue weighted by atomic mass is 32.2. The Morgan fingerprint density at radius 1 is 1.06 bits per heavy atom. The van der Waals surface area contributed by atoms with Crippen molar-refractivity contribution in [3.63, 3.8) is 0 Å². The number of anilines is 2. The van der Waals surface area contributed by atoms with E-state index in [1.165, 1.54) is 11.3 Å². The summed E-state index contributed by atoms with van der Waals surface area (Å²) in [5, 5.41) is 13.5. The van der Waals surface area contributed by atoms with Gasteiger partial charge in [0.1, 0.15) is 5.82 Å². The first kappa shape index (κ1) is 23.3. The normalized spacial score (nSPS) is 13.4. The van der Waals surface area contributed by atoms with Crippen LogP contribution in [0.5, 0.6) is 6.01 Å². The first-order chi connectivity index (χ1) is 15.6. The van der Waals surface area contributed by atoms with Gasteiger partial charge < -0.3 is 15.2 Å². The molecular formula is C23H26N4O4S2. The van der Waals surface area contributed by atoms with Crippen molar-refractivity contribution < 1.29 is 18.3 Å². The van der Waals surface area contributed by atoms with Crippen molar-refractivity contribution in [3.05, 3.63) is 42.5 Å². The molecule has 2 aromatic heterocycles. The number of nitrogens with zero attached hydrogens (tertiary/aromatic N) is 3. The number of thiazole rings is 1. The van der Waals surface area contributed by atoms with Crippen LogP contribution in [0, 0.1) is 5.92 Å². The zero-order valence-electron chi connectivity index (χ0n) is 18.9. The van der Waals surface area contributed by atoms with E-state index in [2.05, 4.69) is 20.3 Å². The molecule has 2 aromatic carbocycles. The van der Waals surface area contributed by atoms with Crippen LogP contribution in [0.25, 0.3) is 21.1 Å². The van der Waals surface area contributed by atoms with Gasteiger partial charge in [-0.2, -0.15) is 9.97 Å². The standard InChI is InChI=1S/C23H26N4O4S2/c1-14(12-28)13-31-21-24-16-9-7-11-18(33(29,30)23(2,3)4)19(16)20(26-21)27-22-25-15-8-5-6-10-17(15)32-22/h5-11,14,28H,12-13H2,1-4H3,(H,24,25,26,27). The van der Waals surface area contributed by atoms with Crippen molar-refractivity contribution >= 4 is 53.2 Å². The van der Waals surface area contributed by atoms with E-state index in [1.54, 1.807) is 39.0 Å². The molecule has 0 fully saturated rings. The van der Waals surface area contributed by atoms with Crippen LogP contribution in [0.1, 0.15) is 27.7 Å². The topological polar surface area (TPSA) is 114 Å². The lowest BCUT2D eigenvalue weighted by Crippen LogP contribution is -2.28. The number of hydrogen-bond acceptors (Lipinski definition) is 9. The predicted molar refractivity (Wildman–Crippen MR) is 131 cm³/mol. The monoisotopic (exact) mass is 486 g/mol. The second-order valence-electron chi connectivity index (χ2n) is 8.83. The van der Waals surface area contributed by atoms with Gasteiger partial charge in [-0.15, -0.1) is 0 Å². The van der Waals surface area contributed by atoms with Crippen molar-refractivity contribution in [3.8, 4) is 6.01 Å². The number of aliphatic hydroxyl groups excluding tert-OH is 1. The fourth-order valence-corrected chi connectivity index (χ4v) is 5.39. The van der Waals surface area contributed by atoms with E-state index in [0.29, 0.717) is 21.9 Å². The number of para-hydroxylation sites is 1. The Bertz CT molecular complexity index is 1380. The lowest BCUT2D eigenvalue weighted by atomic mass is 10.2. The highest BCUT2D eigenvalue weighted by Gasteiger charge is 2.33. The van der Waals surface area contributed by atoms with E-state index in [-0.39, 0.29) is 30.0 Å². The molecule has 2 N–H and O–H groups in total. The maximum absolute atomic E-state index is 13.4. The lowest BCUT2D eigenvalue weighted by molar-refractivity contribution is 0.167. The molecule has 0 aliphatic rings. The molecule has 10 heteroatoms. The van der Waals surface area contributed by atoms with Gasteiger partial charge in [-0.25, -0.2) is 13.4 Å². The zero-order valence-corrected chi connectivity index (χ0v) is 20.5. The Morgan fingerprint density at radius 2 is 1.79 bits per heavy atom. The summed E-state index contributed by atoms with van der Waals surface area (Å²) >= 11 is 1.44. The number of aromatic nitrogens is 3. The Balaban J connectivity index is 1.89. The molecule has 0 amide bonds. The van der Waals surface area contributed by atoms with Crippen LogP contribution in [0.3, 0.4) is 0 Å². The van der Waals surface area contributed by atoms with Gasteiger partial charge in [0.15, 0.2) is 15.0 Å². The highest BCUT2D eigenvalue weighted by molar-refractivity contribution is 7.93. The van der Waals surface area contributed by atoms with Gasteiger partial charge in [0.2, 0.25) is 0 Å². The fourth-order valence-electron chi connectivity index (χ4n) is 3.14. The Morgan fingerprint density at radius 3 is 2.48 bits per heavy atom. The van der Waals surface area contributed by atoms with Gasteiger partial charge in [0, 0.05) is 12.5 Å². The number of ether oxygens (including phenoxy) is 1. The van der Waals surface area contributed by atoms with E-state index < -0.39 is 14.6 Å². The third kappa shape index (κ3) is 4.64. The summed E-state index contributed by atoms with van der Waals surface area (Å²) in [7, 11) is -3.70. The molecule has 4 rings (SSSR count). The van der Waals surface area contributed by atoms with Crippen LogP contribution in [0.15, 0.2) is 47.4 Å². The summed E-state index contributed by atoms with van der Waals surface area (Å²) in [6.45, 7) is 7.03. The smallest absolute Gasteiger partial charge is 0.318 e. The molecule has 174 valence electrons. The first-order valence-electron chi connectivity index (χ1n) is 10.5. The minimum atomic E-state index is -3.70. The average Bonchev–Trinajstić information content (AvgIpc) is 3.18. The molecule has 0 spiro atoms. The maximum Gasteiger partial charge on any atom is 0.318 e. The predicted octanol–water partition coefficient (Wildman–Crippen LogP) is 4.56. The Labute approximate surface area is 196 Å². The molecule has 2 heterocycles. The summed E-state index contributed by atoms with van der Waals surface area (Å²) < 4.78 is 32.5. The highest BCUT2D eigenvalue weighted by Crippen LogP contribution is 2.37. The van der Waals surface area contributed by atoms with Gasteiger partial charge in [-0.05, 0) is 45.0 Å². The van der Waals surface area contributed by atoms with E-state index in [9.17, 15) is 13.5 Å². The number of rotatable bonds is 7. The molecule has 0 saturated carbocycles. The number of nitrogens with one attached hydrogen (secondary N) is 1. The van der Waals surface area contributed by atoms with Crippen LogP contribution in [0.2, 0.25) is 0 Å². The number of aliphatic hydroxyl groups is 1. The summed E-state index contributed by atoms with van der Waals surface area (Å²) in [4.78, 5) is 13.7. The van der Waals surface area contributed by atoms with E-state index in [1.807, 2.05) is 31.2 Å².